The molecule has 0 saturated carbocycles. The second-order valence-electron chi connectivity index (χ2n) is 7.14. The molecule has 1 fully saturated rings. The van der Waals surface area contributed by atoms with Crippen molar-refractivity contribution < 1.29 is 9.53 Å². The molecule has 2 aromatic rings. The SMILES string of the molecule is CC(C)N1CCN(C(=O)/C=C/c2cccc(OCc3ccccc3)c2)CC1. The molecular formula is C23H28N2O2. The number of carbonyl (C=O) groups excluding carboxylic acids is 1. The molecule has 1 amide bonds. The van der Waals surface area contributed by atoms with Crippen molar-refractivity contribution in [1.82, 2.24) is 9.80 Å². The van der Waals surface area contributed by atoms with Crippen LogP contribution in [-0.2, 0) is 11.4 Å². The molecule has 142 valence electrons. The summed E-state index contributed by atoms with van der Waals surface area (Å²) >= 11 is 0. The standard InChI is InChI=1S/C23H28N2O2/c1-19(2)24-13-15-25(16-14-24)23(26)12-11-20-9-6-10-22(17-20)27-18-21-7-4-3-5-8-21/h3-12,17,19H,13-16,18H2,1-2H3/b12-11+. The van der Waals surface area contributed by atoms with Crippen molar-refractivity contribution in [2.75, 3.05) is 26.2 Å². The fraction of sp³-hybridized carbons (Fsp3) is 0.348. The van der Waals surface area contributed by atoms with Gasteiger partial charge in [-0.15, -0.1) is 0 Å². The molecule has 0 spiro atoms. The molecule has 0 aromatic heterocycles. The lowest BCUT2D eigenvalue weighted by molar-refractivity contribution is -0.127. The molecule has 0 atom stereocenters. The summed E-state index contributed by atoms with van der Waals surface area (Å²) in [6.45, 7) is 8.41. The Morgan fingerprint density at radius 3 is 2.48 bits per heavy atom. The van der Waals surface area contributed by atoms with E-state index in [2.05, 4.69) is 18.7 Å². The van der Waals surface area contributed by atoms with Crippen LogP contribution in [0.1, 0.15) is 25.0 Å². The van der Waals surface area contributed by atoms with E-state index in [-0.39, 0.29) is 5.91 Å². The summed E-state index contributed by atoms with van der Waals surface area (Å²) < 4.78 is 5.86. The van der Waals surface area contributed by atoms with Gasteiger partial charge in [0.15, 0.2) is 0 Å². The molecule has 0 bridgehead atoms. The maximum Gasteiger partial charge on any atom is 0.246 e. The molecule has 0 aliphatic carbocycles. The minimum absolute atomic E-state index is 0.0778. The van der Waals surface area contributed by atoms with Gasteiger partial charge in [-0.3, -0.25) is 9.69 Å². The van der Waals surface area contributed by atoms with Gasteiger partial charge in [-0.1, -0.05) is 42.5 Å². The Bertz CT molecular complexity index is 763. The van der Waals surface area contributed by atoms with E-state index in [1.165, 1.54) is 0 Å². The zero-order valence-electron chi connectivity index (χ0n) is 16.2. The Hall–Kier alpha value is -2.59. The molecule has 1 heterocycles. The summed E-state index contributed by atoms with van der Waals surface area (Å²) in [6.07, 6.45) is 3.54. The molecule has 4 heteroatoms. The molecule has 1 aliphatic rings. The second kappa shape index (κ2) is 9.38. The van der Waals surface area contributed by atoms with Gasteiger partial charge in [-0.25, -0.2) is 0 Å². The molecule has 1 saturated heterocycles. The van der Waals surface area contributed by atoms with Crippen LogP contribution in [-0.4, -0.2) is 47.9 Å². The predicted molar refractivity (Wildman–Crippen MR) is 110 cm³/mol. The van der Waals surface area contributed by atoms with Gasteiger partial charge in [0.1, 0.15) is 12.4 Å². The number of hydrogen-bond acceptors (Lipinski definition) is 3. The molecule has 1 aliphatic heterocycles. The molecule has 2 aromatic carbocycles. The minimum Gasteiger partial charge on any atom is -0.489 e. The summed E-state index contributed by atoms with van der Waals surface area (Å²) in [7, 11) is 0. The van der Waals surface area contributed by atoms with Crippen LogP contribution in [0.2, 0.25) is 0 Å². The topological polar surface area (TPSA) is 32.8 Å². The van der Waals surface area contributed by atoms with E-state index in [1.807, 2.05) is 65.6 Å². The Morgan fingerprint density at radius 1 is 1.04 bits per heavy atom. The van der Waals surface area contributed by atoms with Crippen LogP contribution < -0.4 is 4.74 Å². The number of nitrogens with zero attached hydrogens (tertiary/aromatic N) is 2. The maximum atomic E-state index is 12.4. The van der Waals surface area contributed by atoms with Crippen LogP contribution in [0.5, 0.6) is 5.75 Å². The molecule has 3 rings (SSSR count). The lowest BCUT2D eigenvalue weighted by Crippen LogP contribution is -2.50. The smallest absolute Gasteiger partial charge is 0.246 e. The normalized spacial score (nSPS) is 15.4. The van der Waals surface area contributed by atoms with Gasteiger partial charge in [-0.2, -0.15) is 0 Å². The quantitative estimate of drug-likeness (QED) is 0.730. The van der Waals surface area contributed by atoms with Crippen LogP contribution in [0.15, 0.2) is 60.7 Å². The number of rotatable bonds is 6. The fourth-order valence-electron chi connectivity index (χ4n) is 3.18. The molecule has 0 unspecified atom stereocenters. The van der Waals surface area contributed by atoms with E-state index >= 15 is 0 Å². The van der Waals surface area contributed by atoms with E-state index in [0.717, 1.165) is 43.1 Å². The molecule has 27 heavy (non-hydrogen) atoms. The van der Waals surface area contributed by atoms with Gasteiger partial charge in [0.25, 0.3) is 0 Å². The van der Waals surface area contributed by atoms with Crippen LogP contribution in [0.4, 0.5) is 0 Å². The highest BCUT2D eigenvalue weighted by atomic mass is 16.5. The lowest BCUT2D eigenvalue weighted by Gasteiger charge is -2.36. The third kappa shape index (κ3) is 5.69. The van der Waals surface area contributed by atoms with Crippen molar-refractivity contribution in [1.29, 1.82) is 0 Å². The predicted octanol–water partition coefficient (Wildman–Crippen LogP) is 3.83. The molecule has 0 radical (unpaired) electrons. The lowest BCUT2D eigenvalue weighted by atomic mass is 10.2. The van der Waals surface area contributed by atoms with Gasteiger partial charge >= 0.3 is 0 Å². The average Bonchev–Trinajstić information content (AvgIpc) is 2.71. The minimum atomic E-state index is 0.0778. The Kier molecular flexibility index (Phi) is 6.66. The van der Waals surface area contributed by atoms with Gasteiger partial charge in [-0.05, 0) is 43.2 Å². The second-order valence-corrected chi connectivity index (χ2v) is 7.14. The third-order valence-electron chi connectivity index (χ3n) is 4.88. The maximum absolute atomic E-state index is 12.4. The van der Waals surface area contributed by atoms with Crippen molar-refractivity contribution in [2.45, 2.75) is 26.5 Å². The monoisotopic (exact) mass is 364 g/mol. The number of hydrogen-bond donors (Lipinski definition) is 0. The highest BCUT2D eigenvalue weighted by Gasteiger charge is 2.20. The van der Waals surface area contributed by atoms with Crippen LogP contribution in [0, 0.1) is 0 Å². The van der Waals surface area contributed by atoms with Crippen molar-refractivity contribution in [3.05, 3.63) is 71.8 Å². The van der Waals surface area contributed by atoms with E-state index in [0.29, 0.717) is 12.6 Å². The first-order valence-corrected chi connectivity index (χ1v) is 9.59. The molecule has 0 N–H and O–H groups in total. The van der Waals surface area contributed by atoms with Crippen LogP contribution >= 0.6 is 0 Å². The van der Waals surface area contributed by atoms with Crippen molar-refractivity contribution >= 4 is 12.0 Å². The number of benzene rings is 2. The van der Waals surface area contributed by atoms with E-state index < -0.39 is 0 Å². The highest BCUT2D eigenvalue weighted by Crippen LogP contribution is 2.16. The Labute approximate surface area is 162 Å². The van der Waals surface area contributed by atoms with Gasteiger partial charge in [0, 0.05) is 38.3 Å². The van der Waals surface area contributed by atoms with E-state index in [4.69, 9.17) is 4.74 Å². The summed E-state index contributed by atoms with van der Waals surface area (Å²) in [6, 6.07) is 18.5. The first-order chi connectivity index (χ1) is 13.1. The highest BCUT2D eigenvalue weighted by molar-refractivity contribution is 5.91. The number of ether oxygens (including phenoxy) is 1. The van der Waals surface area contributed by atoms with Gasteiger partial charge in [0.05, 0.1) is 0 Å². The third-order valence-corrected chi connectivity index (χ3v) is 4.88. The summed E-state index contributed by atoms with van der Waals surface area (Å²) in [5, 5.41) is 0. The van der Waals surface area contributed by atoms with Crippen molar-refractivity contribution in [3.8, 4) is 5.75 Å². The fourth-order valence-corrected chi connectivity index (χ4v) is 3.18. The first-order valence-electron chi connectivity index (χ1n) is 9.59. The number of carbonyl (C=O) groups is 1. The van der Waals surface area contributed by atoms with Crippen molar-refractivity contribution in [3.63, 3.8) is 0 Å². The van der Waals surface area contributed by atoms with E-state index in [1.54, 1.807) is 6.08 Å². The average molecular weight is 364 g/mol. The largest absolute Gasteiger partial charge is 0.489 e. The molecular weight excluding hydrogens is 336 g/mol. The summed E-state index contributed by atoms with van der Waals surface area (Å²) in [5.74, 6) is 0.882. The van der Waals surface area contributed by atoms with Gasteiger partial charge < -0.3 is 9.64 Å². The zero-order chi connectivity index (χ0) is 19.1. The zero-order valence-corrected chi connectivity index (χ0v) is 16.2. The summed E-state index contributed by atoms with van der Waals surface area (Å²) in [5.41, 5.74) is 2.10. The first kappa shape index (κ1) is 19.2. The number of piperazine rings is 1. The molecule has 4 nitrogen and oxygen atoms in total. The van der Waals surface area contributed by atoms with E-state index in [9.17, 15) is 4.79 Å². The number of amides is 1. The summed E-state index contributed by atoms with van der Waals surface area (Å²) in [4.78, 5) is 16.8. The van der Waals surface area contributed by atoms with Crippen LogP contribution in [0.3, 0.4) is 0 Å². The van der Waals surface area contributed by atoms with Gasteiger partial charge in [0.2, 0.25) is 5.91 Å². The Balaban J connectivity index is 1.53. The van der Waals surface area contributed by atoms with Crippen LogP contribution in [0.25, 0.3) is 6.08 Å². The Morgan fingerprint density at radius 2 is 1.78 bits per heavy atom. The van der Waals surface area contributed by atoms with Crippen molar-refractivity contribution in [2.24, 2.45) is 0 Å².